The van der Waals surface area contributed by atoms with Crippen LogP contribution in [0.4, 0.5) is 0 Å². The first-order valence-corrected chi connectivity index (χ1v) is 8.37. The molecule has 1 aromatic heterocycles. The molecule has 1 unspecified atom stereocenters. The average Bonchev–Trinajstić information content (AvgIpc) is 2.98. The molecule has 1 N–H and O–H groups in total. The molecule has 0 saturated heterocycles. The van der Waals surface area contributed by atoms with Gasteiger partial charge in [0.2, 0.25) is 5.78 Å². The Bertz CT molecular complexity index is 961. The van der Waals surface area contributed by atoms with E-state index in [-0.39, 0.29) is 5.78 Å². The molecule has 0 saturated carbocycles. The first-order chi connectivity index (χ1) is 11.9. The maximum Gasteiger partial charge on any atom is 0.312 e. The number of rotatable bonds is 4. The summed E-state index contributed by atoms with van der Waals surface area (Å²) in [5.74, 6) is -1.25. The Morgan fingerprint density at radius 1 is 1.04 bits per heavy atom. The van der Waals surface area contributed by atoms with Gasteiger partial charge >= 0.3 is 5.97 Å². The highest BCUT2D eigenvalue weighted by atomic mass is 35.5. The normalized spacial score (nSPS) is 12.2. The van der Waals surface area contributed by atoms with Crippen molar-refractivity contribution in [3.05, 3.63) is 69.3 Å². The van der Waals surface area contributed by atoms with E-state index < -0.39 is 11.9 Å². The van der Waals surface area contributed by atoms with E-state index in [0.717, 1.165) is 5.39 Å². The summed E-state index contributed by atoms with van der Waals surface area (Å²) in [5, 5.41) is 1.85. The quantitative estimate of drug-likeness (QED) is 0.516. The summed E-state index contributed by atoms with van der Waals surface area (Å²) >= 11 is 11.9. The Kier molecular flexibility index (Phi) is 4.84. The number of aromatic nitrogens is 1. The van der Waals surface area contributed by atoms with Gasteiger partial charge in [0.15, 0.2) is 0 Å². The molecule has 25 heavy (non-hydrogen) atoms. The zero-order chi connectivity index (χ0) is 18.1. The minimum atomic E-state index is -0.605. The number of ketones is 1. The Labute approximate surface area is 154 Å². The van der Waals surface area contributed by atoms with Crippen molar-refractivity contribution in [2.24, 2.45) is 0 Å². The molecule has 0 aliphatic heterocycles. The van der Waals surface area contributed by atoms with Crippen molar-refractivity contribution in [1.29, 1.82) is 0 Å². The molecule has 0 aliphatic carbocycles. The zero-order valence-corrected chi connectivity index (χ0v) is 15.1. The lowest BCUT2D eigenvalue weighted by Gasteiger charge is -2.11. The van der Waals surface area contributed by atoms with Gasteiger partial charge in [-0.05, 0) is 43.3 Å². The van der Waals surface area contributed by atoms with Crippen LogP contribution in [0.5, 0.6) is 0 Å². The molecule has 4 nitrogen and oxygen atoms in total. The van der Waals surface area contributed by atoms with Gasteiger partial charge < -0.3 is 9.72 Å². The number of carbonyl (C=O) groups is 2. The van der Waals surface area contributed by atoms with Gasteiger partial charge in [-0.3, -0.25) is 9.59 Å². The van der Waals surface area contributed by atoms with Crippen molar-refractivity contribution < 1.29 is 14.3 Å². The Hall–Kier alpha value is -2.30. The second-order valence-electron chi connectivity index (χ2n) is 5.68. The van der Waals surface area contributed by atoms with E-state index in [2.05, 4.69) is 4.98 Å². The number of esters is 1. The molecule has 128 valence electrons. The van der Waals surface area contributed by atoms with Gasteiger partial charge in [-0.2, -0.15) is 0 Å². The first kappa shape index (κ1) is 17.5. The van der Waals surface area contributed by atoms with Crippen LogP contribution < -0.4 is 0 Å². The largest absolute Gasteiger partial charge is 0.469 e. The number of benzene rings is 2. The molecule has 0 fully saturated rings. The molecule has 1 atom stereocenters. The Balaban J connectivity index is 2.20. The lowest BCUT2D eigenvalue weighted by atomic mass is 9.94. The lowest BCUT2D eigenvalue weighted by molar-refractivity contribution is -0.141. The third-order valence-corrected chi connectivity index (χ3v) is 4.61. The van der Waals surface area contributed by atoms with E-state index in [1.165, 1.54) is 7.11 Å². The number of methoxy groups -OCH3 is 1. The van der Waals surface area contributed by atoms with Crippen LogP contribution in [0.2, 0.25) is 10.0 Å². The van der Waals surface area contributed by atoms with Crippen LogP contribution in [-0.2, 0) is 9.53 Å². The highest BCUT2D eigenvalue weighted by molar-refractivity contribution is 6.31. The third kappa shape index (κ3) is 3.28. The molecule has 0 spiro atoms. The van der Waals surface area contributed by atoms with Crippen molar-refractivity contribution in [2.45, 2.75) is 12.8 Å². The number of hydrogen-bond acceptors (Lipinski definition) is 3. The van der Waals surface area contributed by atoms with Crippen LogP contribution in [0.3, 0.4) is 0 Å². The topological polar surface area (TPSA) is 59.2 Å². The van der Waals surface area contributed by atoms with Gasteiger partial charge in [-0.15, -0.1) is 0 Å². The molecule has 2 aromatic carbocycles. The molecular weight excluding hydrogens is 361 g/mol. The molecule has 3 rings (SSSR count). The number of ether oxygens (including phenoxy) is 1. The van der Waals surface area contributed by atoms with Gasteiger partial charge in [0, 0.05) is 32.1 Å². The van der Waals surface area contributed by atoms with Crippen LogP contribution in [0, 0.1) is 0 Å². The summed E-state index contributed by atoms with van der Waals surface area (Å²) in [6.07, 6.45) is 0. The van der Waals surface area contributed by atoms with Gasteiger partial charge in [-0.25, -0.2) is 0 Å². The second kappa shape index (κ2) is 6.90. The van der Waals surface area contributed by atoms with E-state index in [1.54, 1.807) is 49.4 Å². The van der Waals surface area contributed by atoms with Crippen molar-refractivity contribution in [1.82, 2.24) is 4.98 Å². The number of halogens is 2. The summed E-state index contributed by atoms with van der Waals surface area (Å²) < 4.78 is 4.86. The molecule has 1 heterocycles. The number of hydrogen-bond donors (Lipinski definition) is 1. The molecule has 0 amide bonds. The minimum absolute atomic E-state index is 0.227. The van der Waals surface area contributed by atoms with Crippen molar-refractivity contribution in [2.75, 3.05) is 7.11 Å². The number of aromatic amines is 1. The standard InChI is InChI=1S/C19H15Cl2NO3/c1-10(19(24)25-2)16-14-8-7-13(21)9-15(14)22-17(16)18(23)11-3-5-12(20)6-4-11/h3-10,22H,1-2H3. The fourth-order valence-corrected chi connectivity index (χ4v) is 3.16. The van der Waals surface area contributed by atoms with E-state index in [4.69, 9.17) is 27.9 Å². The van der Waals surface area contributed by atoms with Gasteiger partial charge in [0.1, 0.15) is 0 Å². The number of H-pyrrole nitrogens is 1. The van der Waals surface area contributed by atoms with Gasteiger partial charge in [0.25, 0.3) is 0 Å². The molecule has 0 bridgehead atoms. The summed E-state index contributed by atoms with van der Waals surface area (Å²) in [4.78, 5) is 28.2. The van der Waals surface area contributed by atoms with E-state index >= 15 is 0 Å². The lowest BCUT2D eigenvalue weighted by Crippen LogP contribution is -2.14. The fraction of sp³-hybridized carbons (Fsp3) is 0.158. The highest BCUT2D eigenvalue weighted by Crippen LogP contribution is 2.33. The predicted octanol–water partition coefficient (Wildman–Crippen LogP) is 4.98. The highest BCUT2D eigenvalue weighted by Gasteiger charge is 2.27. The van der Waals surface area contributed by atoms with Crippen LogP contribution in [0.25, 0.3) is 10.9 Å². The summed E-state index contributed by atoms with van der Waals surface area (Å²) in [7, 11) is 1.32. The smallest absolute Gasteiger partial charge is 0.312 e. The van der Waals surface area contributed by atoms with Crippen molar-refractivity contribution in [3.8, 4) is 0 Å². The Morgan fingerprint density at radius 3 is 2.32 bits per heavy atom. The third-order valence-electron chi connectivity index (χ3n) is 4.12. The van der Waals surface area contributed by atoms with Crippen LogP contribution in [0.1, 0.15) is 34.5 Å². The van der Waals surface area contributed by atoms with Crippen molar-refractivity contribution in [3.63, 3.8) is 0 Å². The van der Waals surface area contributed by atoms with E-state index in [1.807, 2.05) is 0 Å². The molecule has 0 aliphatic rings. The van der Waals surface area contributed by atoms with Crippen molar-refractivity contribution >= 4 is 45.9 Å². The van der Waals surface area contributed by atoms with Crippen LogP contribution in [-0.4, -0.2) is 23.8 Å². The zero-order valence-electron chi connectivity index (χ0n) is 13.6. The monoisotopic (exact) mass is 375 g/mol. The molecule has 6 heteroatoms. The van der Waals surface area contributed by atoms with Crippen LogP contribution in [0.15, 0.2) is 42.5 Å². The predicted molar refractivity (Wildman–Crippen MR) is 98.6 cm³/mol. The summed E-state index contributed by atoms with van der Waals surface area (Å²) in [6.45, 7) is 1.71. The second-order valence-corrected chi connectivity index (χ2v) is 6.56. The van der Waals surface area contributed by atoms with E-state index in [0.29, 0.717) is 32.4 Å². The summed E-state index contributed by atoms with van der Waals surface area (Å²) in [5.41, 5.74) is 2.10. The fourth-order valence-electron chi connectivity index (χ4n) is 2.86. The van der Waals surface area contributed by atoms with E-state index in [9.17, 15) is 9.59 Å². The average molecular weight is 376 g/mol. The first-order valence-electron chi connectivity index (χ1n) is 7.61. The molecule has 0 radical (unpaired) electrons. The number of fused-ring (bicyclic) bond motifs is 1. The maximum atomic E-state index is 13.0. The molecular formula is C19H15Cl2NO3. The van der Waals surface area contributed by atoms with Gasteiger partial charge in [-0.1, -0.05) is 29.3 Å². The molecule has 3 aromatic rings. The number of carbonyl (C=O) groups excluding carboxylic acids is 2. The maximum absolute atomic E-state index is 13.0. The van der Waals surface area contributed by atoms with Crippen LogP contribution >= 0.6 is 23.2 Å². The SMILES string of the molecule is COC(=O)C(C)c1c(C(=O)c2ccc(Cl)cc2)[nH]c2cc(Cl)ccc12. The minimum Gasteiger partial charge on any atom is -0.469 e. The number of nitrogens with one attached hydrogen (secondary N) is 1. The summed E-state index contributed by atoms with van der Waals surface area (Å²) in [6, 6.07) is 11.8. The Morgan fingerprint density at radius 2 is 1.68 bits per heavy atom. The van der Waals surface area contributed by atoms with Gasteiger partial charge in [0.05, 0.1) is 18.7 Å².